The Morgan fingerprint density at radius 1 is 1.26 bits per heavy atom. The molecule has 1 unspecified atom stereocenters. The molecule has 0 aromatic carbocycles. The number of hydrogen-bond donors (Lipinski definition) is 2. The Morgan fingerprint density at radius 3 is 2.47 bits per heavy atom. The molecule has 0 saturated heterocycles. The number of nitrogens with one attached hydrogen (secondary N) is 1. The van der Waals surface area contributed by atoms with E-state index < -0.39 is 0 Å². The van der Waals surface area contributed by atoms with Crippen molar-refractivity contribution in [2.75, 3.05) is 11.9 Å². The van der Waals surface area contributed by atoms with Crippen LogP contribution in [-0.4, -0.2) is 22.8 Å². The minimum absolute atomic E-state index is 0.142. The monoisotopic (exact) mass is 261 g/mol. The molecule has 0 amide bonds. The first-order valence-corrected chi connectivity index (χ1v) is 6.96. The maximum atomic E-state index is 9.38. The Hall–Kier alpha value is -1.67. The molecule has 0 aliphatic rings. The molecule has 0 aliphatic heterocycles. The molecule has 5 heteroatoms. The highest BCUT2D eigenvalue weighted by molar-refractivity contribution is 5.56. The molecule has 1 rings (SSSR count). The van der Waals surface area contributed by atoms with Gasteiger partial charge in [-0.3, -0.25) is 0 Å². The topological polar surface area (TPSA) is 87.6 Å². The highest BCUT2D eigenvalue weighted by atomic mass is 15.2. The van der Waals surface area contributed by atoms with E-state index in [2.05, 4.69) is 28.5 Å². The van der Waals surface area contributed by atoms with Gasteiger partial charge in [0.1, 0.15) is 11.6 Å². The van der Waals surface area contributed by atoms with Crippen LogP contribution in [0, 0.1) is 11.3 Å². The summed E-state index contributed by atoms with van der Waals surface area (Å²) in [5.41, 5.74) is 8.25. The quantitative estimate of drug-likeness (QED) is 0.784. The van der Waals surface area contributed by atoms with Gasteiger partial charge in [-0.25, -0.2) is 0 Å². The molecule has 0 fully saturated rings. The average molecular weight is 261 g/mol. The van der Waals surface area contributed by atoms with Crippen LogP contribution in [0.3, 0.4) is 0 Å². The number of anilines is 1. The van der Waals surface area contributed by atoms with E-state index in [1.54, 1.807) is 0 Å². The number of hydrogen-bond acceptors (Lipinski definition) is 5. The van der Waals surface area contributed by atoms with Gasteiger partial charge >= 0.3 is 0 Å². The van der Waals surface area contributed by atoms with E-state index in [1.165, 1.54) is 0 Å². The minimum Gasteiger partial charge on any atom is -0.363 e. The highest BCUT2D eigenvalue weighted by Gasteiger charge is 2.16. The predicted molar refractivity (Wildman–Crippen MR) is 76.9 cm³/mol. The first kappa shape index (κ1) is 15.4. The van der Waals surface area contributed by atoms with Gasteiger partial charge in [0.05, 0.1) is 5.69 Å². The first-order chi connectivity index (χ1) is 9.21. The summed E-state index contributed by atoms with van der Waals surface area (Å²) in [6, 6.07) is 2.40. The molecule has 0 aliphatic carbocycles. The second kappa shape index (κ2) is 7.70. The third-order valence-corrected chi connectivity index (χ3v) is 3.22. The molecule has 19 heavy (non-hydrogen) atoms. The fraction of sp³-hybridized carbons (Fsp3) is 0.643. The molecule has 1 heterocycles. The molecule has 0 saturated carbocycles. The lowest BCUT2D eigenvalue weighted by Gasteiger charge is -2.18. The van der Waals surface area contributed by atoms with Crippen LogP contribution in [0.4, 0.5) is 5.82 Å². The summed E-state index contributed by atoms with van der Waals surface area (Å²) in [7, 11) is 0. The van der Waals surface area contributed by atoms with E-state index in [9.17, 15) is 5.26 Å². The zero-order valence-electron chi connectivity index (χ0n) is 12.0. The van der Waals surface area contributed by atoms with Crippen molar-refractivity contribution in [1.82, 2.24) is 10.2 Å². The molecule has 1 atom stereocenters. The lowest BCUT2D eigenvalue weighted by molar-refractivity contribution is 0.643. The molecular weight excluding hydrogens is 238 g/mol. The lowest BCUT2D eigenvalue weighted by atomic mass is 10.0. The number of nitrogens with two attached hydrogens (primary N) is 1. The number of nitriles is 1. The molecule has 0 spiro atoms. The van der Waals surface area contributed by atoms with Gasteiger partial charge in [0.25, 0.3) is 0 Å². The highest BCUT2D eigenvalue weighted by Crippen LogP contribution is 2.20. The molecule has 1 aromatic rings. The standard InChI is InChI=1S/C14H23N5/c1-4-7-10(8-15)17-14-12(9-16)11(5-2)13(6-3)18-19-14/h10H,4-8,15H2,1-3H3,(H,17,19). The Labute approximate surface area is 115 Å². The van der Waals surface area contributed by atoms with Crippen molar-refractivity contribution in [2.45, 2.75) is 52.5 Å². The largest absolute Gasteiger partial charge is 0.363 e. The van der Waals surface area contributed by atoms with Crippen LogP contribution >= 0.6 is 0 Å². The van der Waals surface area contributed by atoms with Crippen molar-refractivity contribution in [3.05, 3.63) is 16.8 Å². The summed E-state index contributed by atoms with van der Waals surface area (Å²) in [5, 5.41) is 21.0. The van der Waals surface area contributed by atoms with Crippen LogP contribution in [0.25, 0.3) is 0 Å². The molecule has 1 aromatic heterocycles. The molecule has 0 radical (unpaired) electrons. The number of aromatic nitrogens is 2. The van der Waals surface area contributed by atoms with Crippen LogP contribution in [0.2, 0.25) is 0 Å². The molecule has 104 valence electrons. The summed E-state index contributed by atoms with van der Waals surface area (Å²) in [5.74, 6) is 0.570. The van der Waals surface area contributed by atoms with E-state index in [4.69, 9.17) is 5.73 Å². The van der Waals surface area contributed by atoms with Crippen LogP contribution in [-0.2, 0) is 12.8 Å². The number of aryl methyl sites for hydroxylation is 1. The van der Waals surface area contributed by atoms with Crippen molar-refractivity contribution >= 4 is 5.82 Å². The Bertz CT molecular complexity index is 450. The summed E-state index contributed by atoms with van der Waals surface area (Å²) in [6.07, 6.45) is 3.58. The van der Waals surface area contributed by atoms with Gasteiger partial charge < -0.3 is 11.1 Å². The molecular formula is C14H23N5. The lowest BCUT2D eigenvalue weighted by Crippen LogP contribution is -2.30. The fourth-order valence-electron chi connectivity index (χ4n) is 2.19. The van der Waals surface area contributed by atoms with Gasteiger partial charge in [0, 0.05) is 12.6 Å². The normalized spacial score (nSPS) is 11.9. The van der Waals surface area contributed by atoms with E-state index >= 15 is 0 Å². The van der Waals surface area contributed by atoms with Gasteiger partial charge in [0.15, 0.2) is 5.82 Å². The van der Waals surface area contributed by atoms with E-state index in [1.807, 2.05) is 13.8 Å². The third-order valence-electron chi connectivity index (χ3n) is 3.22. The predicted octanol–water partition coefficient (Wildman–Crippen LogP) is 2.01. The van der Waals surface area contributed by atoms with Gasteiger partial charge in [-0.1, -0.05) is 27.2 Å². The van der Waals surface area contributed by atoms with Crippen LogP contribution in [0.5, 0.6) is 0 Å². The zero-order chi connectivity index (χ0) is 14.3. The maximum absolute atomic E-state index is 9.38. The fourth-order valence-corrected chi connectivity index (χ4v) is 2.19. The molecule has 5 nitrogen and oxygen atoms in total. The van der Waals surface area contributed by atoms with Crippen LogP contribution < -0.4 is 11.1 Å². The van der Waals surface area contributed by atoms with Crippen LogP contribution in [0.1, 0.15) is 50.4 Å². The SMILES string of the molecule is CCCC(CN)Nc1nnc(CC)c(CC)c1C#N. The van der Waals surface area contributed by atoms with Crippen molar-refractivity contribution in [1.29, 1.82) is 5.26 Å². The van der Waals surface area contributed by atoms with Gasteiger partial charge in [-0.2, -0.15) is 10.4 Å². The average Bonchev–Trinajstić information content (AvgIpc) is 2.45. The maximum Gasteiger partial charge on any atom is 0.167 e. The Kier molecular flexibility index (Phi) is 6.23. The summed E-state index contributed by atoms with van der Waals surface area (Å²) < 4.78 is 0. The minimum atomic E-state index is 0.142. The van der Waals surface area contributed by atoms with Gasteiger partial charge in [0.2, 0.25) is 0 Å². The van der Waals surface area contributed by atoms with Crippen molar-refractivity contribution < 1.29 is 0 Å². The zero-order valence-corrected chi connectivity index (χ0v) is 12.0. The summed E-state index contributed by atoms with van der Waals surface area (Å²) in [4.78, 5) is 0. The van der Waals surface area contributed by atoms with Crippen molar-refractivity contribution in [3.8, 4) is 6.07 Å². The van der Waals surface area contributed by atoms with E-state index in [0.717, 1.165) is 36.9 Å². The first-order valence-electron chi connectivity index (χ1n) is 6.96. The number of nitrogens with zero attached hydrogens (tertiary/aromatic N) is 3. The Balaban J connectivity index is 3.11. The second-order valence-corrected chi connectivity index (χ2v) is 4.53. The number of rotatable bonds is 7. The third kappa shape index (κ3) is 3.65. The van der Waals surface area contributed by atoms with E-state index in [-0.39, 0.29) is 6.04 Å². The Morgan fingerprint density at radius 2 is 2.00 bits per heavy atom. The van der Waals surface area contributed by atoms with E-state index in [0.29, 0.717) is 17.9 Å². The molecule has 0 bridgehead atoms. The van der Waals surface area contributed by atoms with Gasteiger partial charge in [-0.15, -0.1) is 5.10 Å². The second-order valence-electron chi connectivity index (χ2n) is 4.53. The van der Waals surface area contributed by atoms with Crippen LogP contribution in [0.15, 0.2) is 0 Å². The summed E-state index contributed by atoms with van der Waals surface area (Å²) >= 11 is 0. The van der Waals surface area contributed by atoms with Crippen molar-refractivity contribution in [2.24, 2.45) is 5.73 Å². The smallest absolute Gasteiger partial charge is 0.167 e. The summed E-state index contributed by atoms with van der Waals surface area (Å²) in [6.45, 7) is 6.70. The van der Waals surface area contributed by atoms with Crippen molar-refractivity contribution in [3.63, 3.8) is 0 Å². The van der Waals surface area contributed by atoms with Gasteiger partial charge in [-0.05, 0) is 24.8 Å². The molecule has 3 N–H and O–H groups in total.